The molecule has 0 amide bonds. The molecule has 1 aliphatic carbocycles. The van der Waals surface area contributed by atoms with E-state index in [1.54, 1.807) is 12.2 Å². The molecule has 0 saturated heterocycles. The normalized spacial score (nSPS) is 20.2. The summed E-state index contributed by atoms with van der Waals surface area (Å²) in [6, 6.07) is 5.61. The molecule has 1 aromatic carbocycles. The molecule has 4 heteroatoms. The molecule has 1 aromatic rings. The Hall–Kier alpha value is -2.10. The zero-order chi connectivity index (χ0) is 13.2. The van der Waals surface area contributed by atoms with Gasteiger partial charge in [0.2, 0.25) is 0 Å². The number of ether oxygens (including phenoxy) is 2. The van der Waals surface area contributed by atoms with Crippen LogP contribution in [0.1, 0.15) is 19.8 Å². The van der Waals surface area contributed by atoms with Gasteiger partial charge in [0, 0.05) is 6.07 Å². The number of allylic oxidation sites excluding steroid dienone is 1. The van der Waals surface area contributed by atoms with E-state index in [2.05, 4.69) is 11.9 Å². The van der Waals surface area contributed by atoms with Crippen LogP contribution in [0.2, 0.25) is 0 Å². The molecule has 0 bridgehead atoms. The summed E-state index contributed by atoms with van der Waals surface area (Å²) in [4.78, 5) is 15.9. The van der Waals surface area contributed by atoms with Crippen molar-refractivity contribution in [3.63, 3.8) is 0 Å². The van der Waals surface area contributed by atoms with E-state index in [1.807, 2.05) is 18.2 Å². The molecule has 0 N–H and O–H groups in total. The van der Waals surface area contributed by atoms with E-state index in [1.165, 1.54) is 0 Å². The number of fused-ring (bicyclic) bond motifs is 2. The van der Waals surface area contributed by atoms with Crippen LogP contribution >= 0.6 is 0 Å². The molecule has 0 aromatic heterocycles. The van der Waals surface area contributed by atoms with Crippen LogP contribution in [0.3, 0.4) is 0 Å². The van der Waals surface area contributed by atoms with Crippen molar-refractivity contribution in [1.29, 1.82) is 0 Å². The first-order valence-electron chi connectivity index (χ1n) is 6.49. The van der Waals surface area contributed by atoms with Crippen molar-refractivity contribution < 1.29 is 14.3 Å². The molecule has 1 atom stereocenters. The summed E-state index contributed by atoms with van der Waals surface area (Å²) in [5.41, 5.74) is 1.60. The molecule has 1 aliphatic heterocycles. The molecule has 3 rings (SSSR count). The van der Waals surface area contributed by atoms with Gasteiger partial charge in [0.05, 0.1) is 18.7 Å². The smallest absolute Gasteiger partial charge is 0.159 e. The second-order valence-corrected chi connectivity index (χ2v) is 4.62. The number of hydrogen-bond acceptors (Lipinski definition) is 4. The largest absolute Gasteiger partial charge is 0.493 e. The number of ketones is 1. The summed E-state index contributed by atoms with van der Waals surface area (Å²) in [7, 11) is 0. The van der Waals surface area contributed by atoms with Crippen molar-refractivity contribution in [2.75, 3.05) is 6.61 Å². The lowest BCUT2D eigenvalue weighted by molar-refractivity contribution is -0.115. The summed E-state index contributed by atoms with van der Waals surface area (Å²) in [5, 5.41) is 0. The van der Waals surface area contributed by atoms with Gasteiger partial charge in [-0.05, 0) is 30.7 Å². The summed E-state index contributed by atoms with van der Waals surface area (Å²) in [6.45, 7) is 2.74. The number of rotatable bonds is 3. The minimum atomic E-state index is -0.258. The Labute approximate surface area is 111 Å². The van der Waals surface area contributed by atoms with Crippen molar-refractivity contribution in [1.82, 2.24) is 0 Å². The number of carbonyl (C=O) groups is 1. The quantitative estimate of drug-likeness (QED) is 0.836. The molecule has 4 nitrogen and oxygen atoms in total. The van der Waals surface area contributed by atoms with Crippen molar-refractivity contribution in [2.24, 2.45) is 4.99 Å². The Kier molecular flexibility index (Phi) is 3.07. The minimum Gasteiger partial charge on any atom is -0.493 e. The van der Waals surface area contributed by atoms with Gasteiger partial charge in [-0.2, -0.15) is 0 Å². The third-order valence-corrected chi connectivity index (χ3v) is 3.08. The van der Waals surface area contributed by atoms with E-state index in [-0.39, 0.29) is 11.9 Å². The molecule has 1 unspecified atom stereocenters. The monoisotopic (exact) mass is 257 g/mol. The van der Waals surface area contributed by atoms with Crippen LogP contribution in [0.15, 0.2) is 35.3 Å². The van der Waals surface area contributed by atoms with Gasteiger partial charge in [-0.25, -0.2) is 4.99 Å². The van der Waals surface area contributed by atoms with Gasteiger partial charge in [0.15, 0.2) is 5.78 Å². The second-order valence-electron chi connectivity index (χ2n) is 4.62. The Morgan fingerprint density at radius 1 is 1.42 bits per heavy atom. The zero-order valence-electron chi connectivity index (χ0n) is 10.8. The Bertz CT molecular complexity index is 575. The number of benzene rings is 1. The van der Waals surface area contributed by atoms with Gasteiger partial charge in [-0.3, -0.25) is 4.79 Å². The van der Waals surface area contributed by atoms with E-state index >= 15 is 0 Å². The van der Waals surface area contributed by atoms with Crippen LogP contribution in [0.4, 0.5) is 5.69 Å². The maximum absolute atomic E-state index is 11.4. The van der Waals surface area contributed by atoms with Crippen LogP contribution in [-0.4, -0.2) is 24.2 Å². The number of carbonyl (C=O) groups excluding carboxylic acids is 1. The molecule has 2 aliphatic rings. The van der Waals surface area contributed by atoms with Gasteiger partial charge >= 0.3 is 0 Å². The van der Waals surface area contributed by atoms with Crippen molar-refractivity contribution in [2.45, 2.75) is 25.9 Å². The molecular formula is C15H15NO3. The average molecular weight is 257 g/mol. The molecular weight excluding hydrogens is 242 g/mol. The van der Waals surface area contributed by atoms with Crippen LogP contribution in [0, 0.1) is 0 Å². The first-order valence-corrected chi connectivity index (χ1v) is 6.49. The summed E-state index contributed by atoms with van der Waals surface area (Å²) in [6.07, 6.45) is 4.35. The average Bonchev–Trinajstić information content (AvgIpc) is 2.42. The first kappa shape index (κ1) is 12.0. The van der Waals surface area contributed by atoms with Crippen molar-refractivity contribution in [3.8, 4) is 11.5 Å². The topological polar surface area (TPSA) is 47.9 Å². The molecule has 0 radical (unpaired) electrons. The van der Waals surface area contributed by atoms with Crippen LogP contribution in [0.5, 0.6) is 11.5 Å². The SMILES string of the molecule is CCCOc1ccc2c(c1)OC1CC(=O)C=CC1=N2. The predicted molar refractivity (Wildman–Crippen MR) is 72.5 cm³/mol. The highest BCUT2D eigenvalue weighted by atomic mass is 16.5. The van der Waals surface area contributed by atoms with E-state index in [0.717, 1.165) is 23.6 Å². The van der Waals surface area contributed by atoms with Gasteiger partial charge < -0.3 is 9.47 Å². The third kappa shape index (κ3) is 2.38. The highest BCUT2D eigenvalue weighted by molar-refractivity contribution is 6.11. The number of hydrogen-bond donors (Lipinski definition) is 0. The molecule has 0 fully saturated rings. The van der Waals surface area contributed by atoms with Gasteiger partial charge in [0.25, 0.3) is 0 Å². The van der Waals surface area contributed by atoms with Crippen LogP contribution in [0.25, 0.3) is 0 Å². The maximum Gasteiger partial charge on any atom is 0.159 e. The second kappa shape index (κ2) is 4.88. The van der Waals surface area contributed by atoms with E-state index in [9.17, 15) is 4.79 Å². The Morgan fingerprint density at radius 3 is 3.16 bits per heavy atom. The van der Waals surface area contributed by atoms with Crippen LogP contribution in [-0.2, 0) is 4.79 Å². The zero-order valence-corrected chi connectivity index (χ0v) is 10.8. The Morgan fingerprint density at radius 2 is 2.32 bits per heavy atom. The van der Waals surface area contributed by atoms with E-state index in [4.69, 9.17) is 9.47 Å². The van der Waals surface area contributed by atoms with E-state index in [0.29, 0.717) is 18.8 Å². The van der Waals surface area contributed by atoms with E-state index < -0.39 is 0 Å². The minimum absolute atomic E-state index is 0.0748. The highest BCUT2D eigenvalue weighted by Crippen LogP contribution is 2.37. The summed E-state index contributed by atoms with van der Waals surface area (Å²) >= 11 is 0. The Balaban J connectivity index is 1.89. The molecule has 98 valence electrons. The lowest BCUT2D eigenvalue weighted by atomic mass is 10.00. The lowest BCUT2D eigenvalue weighted by Gasteiger charge is -2.26. The fourth-order valence-corrected chi connectivity index (χ4v) is 2.14. The molecule has 0 spiro atoms. The summed E-state index contributed by atoms with van der Waals surface area (Å²) in [5.74, 6) is 1.54. The third-order valence-electron chi connectivity index (χ3n) is 3.08. The predicted octanol–water partition coefficient (Wildman–Crippen LogP) is 2.84. The fraction of sp³-hybridized carbons (Fsp3) is 0.333. The standard InChI is InChI=1S/C15H15NO3/c1-2-7-18-11-4-6-13-15(9-11)19-14-8-10(17)3-5-12(14)16-13/h3-6,9,14H,2,7-8H2,1H3. The van der Waals surface area contributed by atoms with Crippen LogP contribution < -0.4 is 9.47 Å². The lowest BCUT2D eigenvalue weighted by Crippen LogP contribution is -2.33. The van der Waals surface area contributed by atoms with Gasteiger partial charge in [-0.15, -0.1) is 0 Å². The fourth-order valence-electron chi connectivity index (χ4n) is 2.14. The first-order chi connectivity index (χ1) is 9.26. The maximum atomic E-state index is 11.4. The molecule has 19 heavy (non-hydrogen) atoms. The number of aliphatic imine (C=N–C) groups is 1. The molecule has 0 saturated carbocycles. The van der Waals surface area contributed by atoms with Crippen molar-refractivity contribution in [3.05, 3.63) is 30.4 Å². The van der Waals surface area contributed by atoms with Crippen molar-refractivity contribution >= 4 is 17.2 Å². The highest BCUT2D eigenvalue weighted by Gasteiger charge is 2.27. The van der Waals surface area contributed by atoms with Gasteiger partial charge in [0.1, 0.15) is 23.3 Å². The van der Waals surface area contributed by atoms with Gasteiger partial charge in [-0.1, -0.05) is 6.92 Å². The molecule has 1 heterocycles. The summed E-state index contributed by atoms with van der Waals surface area (Å²) < 4.78 is 11.4. The number of nitrogens with zero attached hydrogens (tertiary/aromatic N) is 1.